The third kappa shape index (κ3) is 3.36. The Morgan fingerprint density at radius 3 is 2.60 bits per heavy atom. The van der Waals surface area contributed by atoms with E-state index in [-0.39, 0.29) is 6.04 Å². The van der Waals surface area contributed by atoms with Gasteiger partial charge in [-0.15, -0.1) is 0 Å². The quantitative estimate of drug-likeness (QED) is 0.795. The molecule has 0 aliphatic carbocycles. The van der Waals surface area contributed by atoms with Crippen LogP contribution >= 0.6 is 0 Å². The third-order valence-corrected chi connectivity index (χ3v) is 2.41. The van der Waals surface area contributed by atoms with Crippen LogP contribution in [-0.2, 0) is 4.79 Å². The van der Waals surface area contributed by atoms with E-state index in [1.165, 1.54) is 5.56 Å². The lowest BCUT2D eigenvalue weighted by atomic mass is 10.1. The molecule has 0 amide bonds. The molecule has 0 bridgehead atoms. The highest BCUT2D eigenvalue weighted by Crippen LogP contribution is 2.14. The summed E-state index contributed by atoms with van der Waals surface area (Å²) in [5.41, 5.74) is 2.30. The summed E-state index contributed by atoms with van der Waals surface area (Å²) in [6.07, 6.45) is 0. The summed E-state index contributed by atoms with van der Waals surface area (Å²) in [6.45, 7) is 5.64. The summed E-state index contributed by atoms with van der Waals surface area (Å²) in [4.78, 5) is 10.7. The number of carbonyl (C=O) groups is 1. The molecule has 0 radical (unpaired) electrons. The third-order valence-electron chi connectivity index (χ3n) is 2.41. The molecule has 1 aromatic rings. The predicted octanol–water partition coefficient (Wildman–Crippen LogP) is 2.12. The van der Waals surface area contributed by atoms with Crippen molar-refractivity contribution in [2.75, 3.05) is 0 Å². The maximum absolute atomic E-state index is 10.7. The van der Waals surface area contributed by atoms with Gasteiger partial charge in [-0.2, -0.15) is 0 Å². The first-order valence-corrected chi connectivity index (χ1v) is 5.06. The number of hydrogen-bond donors (Lipinski definition) is 2. The van der Waals surface area contributed by atoms with Crippen LogP contribution in [0.1, 0.15) is 31.0 Å². The zero-order valence-electron chi connectivity index (χ0n) is 9.32. The standard InChI is InChI=1S/C12H17NO2/c1-8-5-4-6-11(7-8)9(2)13-10(3)12(14)15/h4-7,9-10,13H,1-3H3,(H,14,15)/t9-,10?/m0/s1. The van der Waals surface area contributed by atoms with Crippen LogP contribution in [0.25, 0.3) is 0 Å². The first-order chi connectivity index (χ1) is 7.00. The Morgan fingerprint density at radius 1 is 1.40 bits per heavy atom. The lowest BCUT2D eigenvalue weighted by Crippen LogP contribution is -2.35. The van der Waals surface area contributed by atoms with E-state index >= 15 is 0 Å². The Kier molecular flexibility index (Phi) is 3.86. The summed E-state index contributed by atoms with van der Waals surface area (Å²) in [5, 5.41) is 11.8. The first-order valence-electron chi connectivity index (χ1n) is 5.06. The van der Waals surface area contributed by atoms with E-state index in [2.05, 4.69) is 11.4 Å². The van der Waals surface area contributed by atoms with E-state index in [0.717, 1.165) is 5.56 Å². The second kappa shape index (κ2) is 4.94. The number of carboxylic acids is 1. The number of benzene rings is 1. The van der Waals surface area contributed by atoms with Crippen molar-refractivity contribution in [1.82, 2.24) is 5.32 Å². The number of aryl methyl sites for hydroxylation is 1. The topological polar surface area (TPSA) is 49.3 Å². The molecule has 1 rings (SSSR count). The van der Waals surface area contributed by atoms with Crippen LogP contribution in [0.4, 0.5) is 0 Å². The van der Waals surface area contributed by atoms with Crippen LogP contribution in [0.2, 0.25) is 0 Å². The minimum atomic E-state index is -0.825. The summed E-state index contributed by atoms with van der Waals surface area (Å²) in [7, 11) is 0. The Labute approximate surface area is 90.1 Å². The summed E-state index contributed by atoms with van der Waals surface area (Å²) >= 11 is 0. The molecule has 1 aromatic carbocycles. The van der Waals surface area contributed by atoms with E-state index in [1.807, 2.05) is 32.0 Å². The number of rotatable bonds is 4. The Hall–Kier alpha value is -1.35. The van der Waals surface area contributed by atoms with Gasteiger partial charge in [0.15, 0.2) is 0 Å². The van der Waals surface area contributed by atoms with Crippen molar-refractivity contribution in [1.29, 1.82) is 0 Å². The van der Waals surface area contributed by atoms with Crippen LogP contribution in [0, 0.1) is 6.92 Å². The summed E-state index contributed by atoms with van der Waals surface area (Å²) < 4.78 is 0. The molecule has 0 spiro atoms. The molecule has 0 aliphatic heterocycles. The van der Waals surface area contributed by atoms with Crippen LogP contribution < -0.4 is 5.32 Å². The fourth-order valence-corrected chi connectivity index (χ4v) is 1.48. The van der Waals surface area contributed by atoms with Gasteiger partial charge in [-0.3, -0.25) is 10.1 Å². The molecule has 0 aromatic heterocycles. The monoisotopic (exact) mass is 207 g/mol. The molecule has 3 nitrogen and oxygen atoms in total. The molecule has 82 valence electrons. The van der Waals surface area contributed by atoms with Crippen LogP contribution in [0.15, 0.2) is 24.3 Å². The zero-order valence-corrected chi connectivity index (χ0v) is 9.32. The van der Waals surface area contributed by atoms with Gasteiger partial charge in [0.25, 0.3) is 0 Å². The largest absolute Gasteiger partial charge is 0.480 e. The number of carboxylic acid groups (broad SMARTS) is 1. The van der Waals surface area contributed by atoms with Gasteiger partial charge in [-0.25, -0.2) is 0 Å². The van der Waals surface area contributed by atoms with Crippen molar-refractivity contribution >= 4 is 5.97 Å². The van der Waals surface area contributed by atoms with E-state index in [0.29, 0.717) is 0 Å². The van der Waals surface area contributed by atoms with Crippen LogP contribution in [0.5, 0.6) is 0 Å². The second-order valence-electron chi connectivity index (χ2n) is 3.86. The van der Waals surface area contributed by atoms with Crippen molar-refractivity contribution < 1.29 is 9.90 Å². The zero-order chi connectivity index (χ0) is 11.4. The smallest absolute Gasteiger partial charge is 0.320 e. The SMILES string of the molecule is Cc1cccc([C@H](C)NC(C)C(=O)O)c1. The van der Waals surface area contributed by atoms with Crippen molar-refractivity contribution in [3.63, 3.8) is 0 Å². The lowest BCUT2D eigenvalue weighted by Gasteiger charge is -2.17. The fraction of sp³-hybridized carbons (Fsp3) is 0.417. The van der Waals surface area contributed by atoms with Gasteiger partial charge in [0.2, 0.25) is 0 Å². The van der Waals surface area contributed by atoms with Gasteiger partial charge in [0.1, 0.15) is 6.04 Å². The van der Waals surface area contributed by atoms with Crippen LogP contribution in [-0.4, -0.2) is 17.1 Å². The molecule has 15 heavy (non-hydrogen) atoms. The van der Waals surface area contributed by atoms with Gasteiger partial charge >= 0.3 is 5.97 Å². The molecule has 0 aliphatic rings. The fourth-order valence-electron chi connectivity index (χ4n) is 1.48. The normalized spacial score (nSPS) is 14.6. The Balaban J connectivity index is 2.68. The van der Waals surface area contributed by atoms with Crippen molar-refractivity contribution in [2.45, 2.75) is 32.9 Å². The summed E-state index contributed by atoms with van der Waals surface area (Å²) in [5.74, 6) is -0.825. The van der Waals surface area contributed by atoms with E-state index in [4.69, 9.17) is 5.11 Å². The van der Waals surface area contributed by atoms with Gasteiger partial charge in [0.05, 0.1) is 0 Å². The highest BCUT2D eigenvalue weighted by molar-refractivity contribution is 5.72. The molecule has 2 atom stereocenters. The average molecular weight is 207 g/mol. The van der Waals surface area contributed by atoms with Crippen molar-refractivity contribution in [2.24, 2.45) is 0 Å². The molecule has 0 saturated heterocycles. The van der Waals surface area contributed by atoms with Gasteiger partial charge in [-0.05, 0) is 26.3 Å². The maximum atomic E-state index is 10.7. The van der Waals surface area contributed by atoms with Gasteiger partial charge in [-0.1, -0.05) is 29.8 Å². The second-order valence-corrected chi connectivity index (χ2v) is 3.86. The van der Waals surface area contributed by atoms with Gasteiger partial charge < -0.3 is 5.11 Å². The Morgan fingerprint density at radius 2 is 2.07 bits per heavy atom. The molecular formula is C12H17NO2. The average Bonchev–Trinajstić information content (AvgIpc) is 2.17. The molecule has 3 heteroatoms. The minimum Gasteiger partial charge on any atom is -0.480 e. The highest BCUT2D eigenvalue weighted by Gasteiger charge is 2.14. The first kappa shape index (κ1) is 11.7. The molecule has 2 N–H and O–H groups in total. The number of hydrogen-bond acceptors (Lipinski definition) is 2. The predicted molar refractivity (Wildman–Crippen MR) is 59.8 cm³/mol. The number of nitrogens with one attached hydrogen (secondary N) is 1. The van der Waals surface area contributed by atoms with E-state index in [1.54, 1.807) is 6.92 Å². The lowest BCUT2D eigenvalue weighted by molar-refractivity contribution is -0.139. The van der Waals surface area contributed by atoms with E-state index < -0.39 is 12.0 Å². The van der Waals surface area contributed by atoms with Gasteiger partial charge in [0, 0.05) is 6.04 Å². The molecule has 1 unspecified atom stereocenters. The summed E-state index contributed by atoms with van der Waals surface area (Å²) in [6, 6.07) is 7.59. The maximum Gasteiger partial charge on any atom is 0.320 e. The van der Waals surface area contributed by atoms with Crippen molar-refractivity contribution in [3.8, 4) is 0 Å². The molecule has 0 fully saturated rings. The van der Waals surface area contributed by atoms with Crippen molar-refractivity contribution in [3.05, 3.63) is 35.4 Å². The highest BCUT2D eigenvalue weighted by atomic mass is 16.4. The van der Waals surface area contributed by atoms with E-state index in [9.17, 15) is 4.79 Å². The minimum absolute atomic E-state index is 0.0519. The van der Waals surface area contributed by atoms with Crippen LogP contribution in [0.3, 0.4) is 0 Å². The molecular weight excluding hydrogens is 190 g/mol. The Bertz CT molecular complexity index is 349. The molecule has 0 heterocycles. The number of aliphatic carboxylic acids is 1. The molecule has 0 saturated carbocycles.